The largest absolute Gasteiger partial charge is 0.419 e. The molecule has 0 aromatic heterocycles. The lowest BCUT2D eigenvalue weighted by molar-refractivity contribution is -0.222. The smallest absolute Gasteiger partial charge is 0.350 e. The van der Waals surface area contributed by atoms with Gasteiger partial charge in [0, 0.05) is 38.8 Å². The Balaban J connectivity index is 1.73. The maximum atomic E-state index is 14.3. The van der Waals surface area contributed by atoms with Gasteiger partial charge in [0.15, 0.2) is 5.57 Å². The molecule has 2 heterocycles. The molecule has 0 saturated carbocycles. The Morgan fingerprint density at radius 3 is 2.38 bits per heavy atom. The van der Waals surface area contributed by atoms with Crippen LogP contribution in [0.15, 0.2) is 30.0 Å². The molecule has 1 aromatic rings. The molecule has 0 atom stereocenters. The normalized spacial score (nSPS) is 19.0. The number of nitrogens with one attached hydrogen (secondary N) is 1. The van der Waals surface area contributed by atoms with E-state index in [1.54, 1.807) is 4.90 Å². The van der Waals surface area contributed by atoms with Crippen molar-refractivity contribution in [1.82, 2.24) is 4.90 Å². The average Bonchev–Trinajstić information content (AvgIpc) is 3.07. The van der Waals surface area contributed by atoms with Crippen molar-refractivity contribution in [2.24, 2.45) is 0 Å². The summed E-state index contributed by atoms with van der Waals surface area (Å²) in [5.74, 6) is -4.01. The monoisotopic (exact) mass is 362 g/mol. The fourth-order valence-electron chi connectivity index (χ4n) is 2.80. The summed E-state index contributed by atoms with van der Waals surface area (Å²) in [5, 5.41) is 2.65. The summed E-state index contributed by atoms with van der Waals surface area (Å²) < 4.78 is 24.2. The van der Waals surface area contributed by atoms with Crippen LogP contribution in [0.1, 0.15) is 37.0 Å². The molecular formula is C18H19FN2O5. The van der Waals surface area contributed by atoms with E-state index in [0.717, 1.165) is 25.1 Å². The maximum absolute atomic E-state index is 14.3. The molecule has 0 bridgehead atoms. The number of carbonyl (C=O) groups excluding carboxylic acids is 3. The van der Waals surface area contributed by atoms with Crippen molar-refractivity contribution in [3.8, 4) is 0 Å². The summed E-state index contributed by atoms with van der Waals surface area (Å²) in [7, 11) is 0. The molecule has 1 aromatic carbocycles. The van der Waals surface area contributed by atoms with E-state index >= 15 is 0 Å². The topological polar surface area (TPSA) is 84.9 Å². The molecule has 26 heavy (non-hydrogen) atoms. The Morgan fingerprint density at radius 2 is 1.81 bits per heavy atom. The van der Waals surface area contributed by atoms with Crippen LogP contribution in [-0.2, 0) is 19.1 Å². The Morgan fingerprint density at radius 1 is 1.19 bits per heavy atom. The van der Waals surface area contributed by atoms with Crippen LogP contribution >= 0.6 is 0 Å². The van der Waals surface area contributed by atoms with E-state index in [1.807, 2.05) is 0 Å². The van der Waals surface area contributed by atoms with Gasteiger partial charge in [-0.2, -0.15) is 0 Å². The third-order valence-electron chi connectivity index (χ3n) is 4.09. The highest BCUT2D eigenvalue weighted by Gasteiger charge is 2.39. The van der Waals surface area contributed by atoms with Gasteiger partial charge in [-0.25, -0.2) is 14.0 Å². The first kappa shape index (κ1) is 17.9. The summed E-state index contributed by atoms with van der Waals surface area (Å²) in [4.78, 5) is 37.6. The van der Waals surface area contributed by atoms with Crippen molar-refractivity contribution in [1.29, 1.82) is 0 Å². The highest BCUT2D eigenvalue weighted by atomic mass is 19.1. The number of likely N-dealkylation sites (tertiary alicyclic amines) is 1. The van der Waals surface area contributed by atoms with Crippen LogP contribution in [-0.4, -0.2) is 41.6 Å². The highest BCUT2D eigenvalue weighted by Crippen LogP contribution is 2.23. The van der Waals surface area contributed by atoms with Crippen LogP contribution in [0.5, 0.6) is 0 Å². The number of halogens is 1. The molecule has 7 nitrogen and oxygen atoms in total. The van der Waals surface area contributed by atoms with Gasteiger partial charge in [0.1, 0.15) is 5.82 Å². The molecule has 2 saturated heterocycles. The molecule has 3 rings (SSSR count). The van der Waals surface area contributed by atoms with Gasteiger partial charge < -0.3 is 19.7 Å². The molecular weight excluding hydrogens is 343 g/mol. The van der Waals surface area contributed by atoms with Crippen LogP contribution in [0.2, 0.25) is 0 Å². The third kappa shape index (κ3) is 3.68. The van der Waals surface area contributed by atoms with Gasteiger partial charge in [-0.05, 0) is 31.0 Å². The molecule has 2 fully saturated rings. The van der Waals surface area contributed by atoms with Gasteiger partial charge in [-0.1, -0.05) is 0 Å². The van der Waals surface area contributed by atoms with Gasteiger partial charge >= 0.3 is 11.9 Å². The Hall–Kier alpha value is -2.90. The van der Waals surface area contributed by atoms with Crippen molar-refractivity contribution < 1.29 is 28.2 Å². The van der Waals surface area contributed by atoms with Gasteiger partial charge in [0.05, 0.1) is 5.56 Å². The van der Waals surface area contributed by atoms with E-state index < -0.39 is 23.5 Å². The first-order valence-corrected chi connectivity index (χ1v) is 8.29. The fourth-order valence-corrected chi connectivity index (χ4v) is 2.80. The lowest BCUT2D eigenvalue weighted by Gasteiger charge is -2.29. The number of benzene rings is 1. The Bertz CT molecular complexity index is 775. The van der Waals surface area contributed by atoms with Gasteiger partial charge in [0.25, 0.3) is 11.7 Å². The average molecular weight is 362 g/mol. The zero-order valence-electron chi connectivity index (χ0n) is 14.5. The lowest BCUT2D eigenvalue weighted by atomic mass is 10.1. The molecule has 0 unspecified atom stereocenters. The standard InChI is InChI=1S/C18H19FN2O5/c1-18(2)25-16(23)13(17(24)26-18)10-20-11-5-6-12(14(19)9-11)15(22)21-7-3-4-8-21/h5-6,9-10,20H,3-4,7-8H2,1-2H3. The molecule has 2 aliphatic heterocycles. The molecule has 0 aliphatic carbocycles. The van der Waals surface area contributed by atoms with Crippen molar-refractivity contribution >= 4 is 23.5 Å². The second kappa shape index (κ2) is 6.78. The molecule has 1 N–H and O–H groups in total. The second-order valence-electron chi connectivity index (χ2n) is 6.58. The van der Waals surface area contributed by atoms with Crippen molar-refractivity contribution in [3.05, 3.63) is 41.4 Å². The molecule has 8 heteroatoms. The molecule has 1 amide bonds. The molecule has 0 radical (unpaired) electrons. The van der Waals surface area contributed by atoms with E-state index in [1.165, 1.54) is 26.0 Å². The molecule has 138 valence electrons. The molecule has 0 spiro atoms. The first-order chi connectivity index (χ1) is 12.3. The fraction of sp³-hybridized carbons (Fsp3) is 0.389. The summed E-state index contributed by atoms with van der Waals surface area (Å²) in [6, 6.07) is 3.99. The minimum atomic E-state index is -1.32. The number of rotatable bonds is 3. The zero-order chi connectivity index (χ0) is 18.9. The predicted molar refractivity (Wildman–Crippen MR) is 89.5 cm³/mol. The zero-order valence-corrected chi connectivity index (χ0v) is 14.5. The first-order valence-electron chi connectivity index (χ1n) is 8.29. The van der Waals surface area contributed by atoms with E-state index in [4.69, 9.17) is 9.47 Å². The van der Waals surface area contributed by atoms with E-state index in [9.17, 15) is 18.8 Å². The van der Waals surface area contributed by atoms with Crippen LogP contribution in [0.3, 0.4) is 0 Å². The summed E-state index contributed by atoms with van der Waals surface area (Å²) in [6.07, 6.45) is 2.93. The minimum Gasteiger partial charge on any atom is -0.419 e. The number of amides is 1. The summed E-state index contributed by atoms with van der Waals surface area (Å²) >= 11 is 0. The van der Waals surface area contributed by atoms with Crippen LogP contribution in [0, 0.1) is 5.82 Å². The third-order valence-corrected chi connectivity index (χ3v) is 4.09. The highest BCUT2D eigenvalue weighted by molar-refractivity contribution is 6.15. The number of ether oxygens (including phenoxy) is 2. The van der Waals surface area contributed by atoms with Crippen molar-refractivity contribution in [2.75, 3.05) is 18.4 Å². The van der Waals surface area contributed by atoms with Crippen LogP contribution < -0.4 is 5.32 Å². The van der Waals surface area contributed by atoms with E-state index in [0.29, 0.717) is 13.1 Å². The van der Waals surface area contributed by atoms with Crippen LogP contribution in [0.25, 0.3) is 0 Å². The van der Waals surface area contributed by atoms with Crippen molar-refractivity contribution in [2.45, 2.75) is 32.5 Å². The van der Waals surface area contributed by atoms with E-state index in [2.05, 4.69) is 5.32 Å². The van der Waals surface area contributed by atoms with E-state index in [-0.39, 0.29) is 22.7 Å². The number of hydrogen-bond acceptors (Lipinski definition) is 6. The van der Waals surface area contributed by atoms with Crippen molar-refractivity contribution in [3.63, 3.8) is 0 Å². The summed E-state index contributed by atoms with van der Waals surface area (Å²) in [5.41, 5.74) is -0.0660. The Kier molecular flexibility index (Phi) is 4.67. The number of carbonyl (C=O) groups is 3. The number of cyclic esters (lactones) is 2. The Labute approximate surface area is 149 Å². The number of esters is 2. The quantitative estimate of drug-likeness (QED) is 0.504. The second-order valence-corrected chi connectivity index (χ2v) is 6.58. The lowest BCUT2D eigenvalue weighted by Crippen LogP contribution is -2.42. The van der Waals surface area contributed by atoms with Gasteiger partial charge in [-0.15, -0.1) is 0 Å². The summed E-state index contributed by atoms with van der Waals surface area (Å²) in [6.45, 7) is 4.15. The number of hydrogen-bond donors (Lipinski definition) is 1. The molecule has 2 aliphatic rings. The van der Waals surface area contributed by atoms with Gasteiger partial charge in [-0.3, -0.25) is 4.79 Å². The van der Waals surface area contributed by atoms with Gasteiger partial charge in [0.2, 0.25) is 0 Å². The van der Waals surface area contributed by atoms with Crippen LogP contribution in [0.4, 0.5) is 10.1 Å². The predicted octanol–water partition coefficient (Wildman–Crippen LogP) is 2.19. The number of nitrogens with zero attached hydrogens (tertiary/aromatic N) is 1. The SMILES string of the molecule is CC1(C)OC(=O)C(=CNc2ccc(C(=O)N3CCCC3)c(F)c2)C(=O)O1. The number of anilines is 1. The minimum absolute atomic E-state index is 0.0108. The maximum Gasteiger partial charge on any atom is 0.350 e.